The summed E-state index contributed by atoms with van der Waals surface area (Å²) >= 11 is 0.467. The molecule has 138 valence electrons. The minimum Gasteiger partial charge on any atom is -0.491 e. The Balaban J connectivity index is 1.57. The van der Waals surface area contributed by atoms with E-state index in [0.717, 1.165) is 19.4 Å². The zero-order valence-electron chi connectivity index (χ0n) is 14.0. The minimum absolute atomic E-state index is 0.108. The monoisotopic (exact) mass is 379 g/mol. The smallest absolute Gasteiger partial charge is 0.288 e. The van der Waals surface area contributed by atoms with Gasteiger partial charge in [0.15, 0.2) is 0 Å². The average Bonchev–Trinajstić information content (AvgIpc) is 3.15. The molecule has 1 saturated heterocycles. The third kappa shape index (κ3) is 5.44. The van der Waals surface area contributed by atoms with Gasteiger partial charge >= 0.3 is 0 Å². The van der Waals surface area contributed by atoms with Gasteiger partial charge in [-0.15, -0.1) is 0 Å². The molecule has 7 heteroatoms. The molecular weight excluding hydrogens is 360 g/mol. The standard InChI is InChI=1S/C19H19F2NO3S/c20-19(21)26-17-8-6-14(7-9-17)22-18(23)13-3-1-4-15(11-13)25-12-16-5-2-10-24-16/h1,3-4,6-9,11,16,19H,2,5,10,12H2,(H,22,23)/t16-/m1/s1. The molecule has 0 saturated carbocycles. The summed E-state index contributed by atoms with van der Waals surface area (Å²) in [6.45, 7) is 1.24. The number of alkyl halides is 2. The summed E-state index contributed by atoms with van der Waals surface area (Å²) in [5.41, 5.74) is 1.00. The van der Waals surface area contributed by atoms with Gasteiger partial charge in [0.2, 0.25) is 0 Å². The van der Waals surface area contributed by atoms with Gasteiger partial charge in [0.1, 0.15) is 12.4 Å². The van der Waals surface area contributed by atoms with Crippen molar-refractivity contribution in [3.63, 3.8) is 0 Å². The Morgan fingerprint density at radius 1 is 1.27 bits per heavy atom. The molecule has 0 aromatic heterocycles. The lowest BCUT2D eigenvalue weighted by atomic mass is 10.2. The number of benzene rings is 2. The topological polar surface area (TPSA) is 47.6 Å². The van der Waals surface area contributed by atoms with Gasteiger partial charge in [0.05, 0.1) is 6.10 Å². The second-order valence-electron chi connectivity index (χ2n) is 5.83. The molecule has 0 bridgehead atoms. The Kier molecular flexibility index (Phi) is 6.46. The van der Waals surface area contributed by atoms with Crippen molar-refractivity contribution in [1.82, 2.24) is 0 Å². The van der Waals surface area contributed by atoms with Crippen molar-refractivity contribution in [2.75, 3.05) is 18.5 Å². The molecular formula is C19H19F2NO3S. The van der Waals surface area contributed by atoms with Crippen LogP contribution in [-0.2, 0) is 4.74 Å². The third-order valence-corrected chi connectivity index (χ3v) is 4.62. The fourth-order valence-electron chi connectivity index (χ4n) is 2.62. The summed E-state index contributed by atoms with van der Waals surface area (Å²) in [7, 11) is 0. The zero-order chi connectivity index (χ0) is 18.4. The first-order valence-electron chi connectivity index (χ1n) is 8.31. The molecule has 0 unspecified atom stereocenters. The van der Waals surface area contributed by atoms with E-state index in [2.05, 4.69) is 5.32 Å². The molecule has 0 spiro atoms. The third-order valence-electron chi connectivity index (χ3n) is 3.89. The quantitative estimate of drug-likeness (QED) is 0.701. The number of carbonyl (C=O) groups excluding carboxylic acids is 1. The predicted molar refractivity (Wildman–Crippen MR) is 97.2 cm³/mol. The Morgan fingerprint density at radius 2 is 2.08 bits per heavy atom. The van der Waals surface area contributed by atoms with E-state index in [9.17, 15) is 13.6 Å². The molecule has 4 nitrogen and oxygen atoms in total. The summed E-state index contributed by atoms with van der Waals surface area (Å²) < 4.78 is 35.9. The van der Waals surface area contributed by atoms with Gasteiger partial charge in [-0.2, -0.15) is 8.78 Å². The van der Waals surface area contributed by atoms with E-state index in [4.69, 9.17) is 9.47 Å². The highest BCUT2D eigenvalue weighted by atomic mass is 32.2. The lowest BCUT2D eigenvalue weighted by Gasteiger charge is -2.12. The molecule has 1 atom stereocenters. The van der Waals surface area contributed by atoms with Crippen molar-refractivity contribution in [3.05, 3.63) is 54.1 Å². The summed E-state index contributed by atoms with van der Waals surface area (Å²) in [6.07, 6.45) is 2.14. The molecule has 1 aliphatic rings. The highest BCUT2D eigenvalue weighted by Gasteiger charge is 2.16. The Morgan fingerprint density at radius 3 is 2.77 bits per heavy atom. The first-order valence-corrected chi connectivity index (χ1v) is 9.19. The van der Waals surface area contributed by atoms with E-state index in [0.29, 0.717) is 40.3 Å². The Bertz CT molecular complexity index is 734. The first-order chi connectivity index (χ1) is 12.6. The largest absolute Gasteiger partial charge is 0.491 e. The van der Waals surface area contributed by atoms with Gasteiger partial charge in [0.25, 0.3) is 11.7 Å². The molecule has 0 aliphatic carbocycles. The number of hydrogen-bond acceptors (Lipinski definition) is 4. The van der Waals surface area contributed by atoms with E-state index < -0.39 is 5.76 Å². The fraction of sp³-hybridized carbons (Fsp3) is 0.316. The van der Waals surface area contributed by atoms with E-state index in [1.54, 1.807) is 48.5 Å². The molecule has 1 amide bonds. The van der Waals surface area contributed by atoms with Crippen molar-refractivity contribution in [2.45, 2.75) is 29.6 Å². The maximum Gasteiger partial charge on any atom is 0.288 e. The van der Waals surface area contributed by atoms with Crippen LogP contribution in [0, 0.1) is 0 Å². The normalized spacial score (nSPS) is 16.7. The number of carbonyl (C=O) groups is 1. The highest BCUT2D eigenvalue weighted by molar-refractivity contribution is 7.99. The van der Waals surface area contributed by atoms with E-state index >= 15 is 0 Å². The van der Waals surface area contributed by atoms with Gasteiger partial charge in [-0.1, -0.05) is 17.8 Å². The molecule has 1 fully saturated rings. The van der Waals surface area contributed by atoms with Crippen LogP contribution in [0.25, 0.3) is 0 Å². The van der Waals surface area contributed by atoms with Crippen LogP contribution in [0.3, 0.4) is 0 Å². The number of thioether (sulfide) groups is 1. The van der Waals surface area contributed by atoms with Crippen LogP contribution < -0.4 is 10.1 Å². The first kappa shape index (κ1) is 18.7. The van der Waals surface area contributed by atoms with Gasteiger partial charge in [-0.25, -0.2) is 0 Å². The van der Waals surface area contributed by atoms with Gasteiger partial charge in [-0.05, 0) is 55.3 Å². The van der Waals surface area contributed by atoms with Crippen LogP contribution in [0.1, 0.15) is 23.2 Å². The molecule has 2 aromatic carbocycles. The van der Waals surface area contributed by atoms with Crippen molar-refractivity contribution in [1.29, 1.82) is 0 Å². The number of rotatable bonds is 7. The summed E-state index contributed by atoms with van der Waals surface area (Å²) in [5, 5.41) is 2.75. The molecule has 1 N–H and O–H groups in total. The Hall–Kier alpha value is -2.12. The second kappa shape index (κ2) is 9.00. The van der Waals surface area contributed by atoms with Crippen LogP contribution in [0.15, 0.2) is 53.4 Å². The summed E-state index contributed by atoms with van der Waals surface area (Å²) in [4.78, 5) is 12.8. The van der Waals surface area contributed by atoms with E-state index in [1.807, 2.05) is 0 Å². The number of ether oxygens (including phenoxy) is 2. The molecule has 26 heavy (non-hydrogen) atoms. The number of amides is 1. The van der Waals surface area contributed by atoms with Crippen molar-refractivity contribution >= 4 is 23.4 Å². The maximum absolute atomic E-state index is 12.4. The Labute approximate surface area is 154 Å². The van der Waals surface area contributed by atoms with Crippen LogP contribution in [0.2, 0.25) is 0 Å². The summed E-state index contributed by atoms with van der Waals surface area (Å²) in [5.74, 6) is -2.15. The van der Waals surface area contributed by atoms with Crippen LogP contribution in [-0.4, -0.2) is 31.0 Å². The lowest BCUT2D eigenvalue weighted by molar-refractivity contribution is 0.0679. The number of anilines is 1. The van der Waals surface area contributed by atoms with E-state index in [1.165, 1.54) is 0 Å². The maximum atomic E-state index is 12.4. The number of hydrogen-bond donors (Lipinski definition) is 1. The van der Waals surface area contributed by atoms with Crippen LogP contribution >= 0.6 is 11.8 Å². The molecule has 2 aromatic rings. The van der Waals surface area contributed by atoms with Crippen molar-refractivity contribution in [2.24, 2.45) is 0 Å². The summed E-state index contributed by atoms with van der Waals surface area (Å²) in [6, 6.07) is 13.2. The number of nitrogens with one attached hydrogen (secondary N) is 1. The predicted octanol–water partition coefficient (Wildman–Crippen LogP) is 4.81. The van der Waals surface area contributed by atoms with Crippen LogP contribution in [0.5, 0.6) is 5.75 Å². The van der Waals surface area contributed by atoms with E-state index in [-0.39, 0.29) is 12.0 Å². The van der Waals surface area contributed by atoms with Gasteiger partial charge in [-0.3, -0.25) is 4.79 Å². The lowest BCUT2D eigenvalue weighted by Crippen LogP contribution is -2.17. The zero-order valence-corrected chi connectivity index (χ0v) is 14.8. The number of halogens is 2. The molecule has 1 heterocycles. The second-order valence-corrected chi connectivity index (χ2v) is 6.89. The highest BCUT2D eigenvalue weighted by Crippen LogP contribution is 2.26. The van der Waals surface area contributed by atoms with Gasteiger partial charge in [0, 0.05) is 22.8 Å². The van der Waals surface area contributed by atoms with Crippen molar-refractivity contribution in [3.8, 4) is 5.75 Å². The molecule has 1 aliphatic heterocycles. The minimum atomic E-state index is -2.46. The van der Waals surface area contributed by atoms with Crippen LogP contribution in [0.4, 0.5) is 14.5 Å². The molecule has 0 radical (unpaired) electrons. The fourth-order valence-corrected chi connectivity index (χ4v) is 3.11. The molecule has 3 rings (SSSR count). The van der Waals surface area contributed by atoms with Gasteiger partial charge < -0.3 is 14.8 Å². The average molecular weight is 379 g/mol. The SMILES string of the molecule is O=C(Nc1ccc(SC(F)F)cc1)c1cccc(OC[C@H]2CCCO2)c1. The van der Waals surface area contributed by atoms with Crippen molar-refractivity contribution < 1.29 is 23.0 Å².